The number of aromatic hydroxyl groups is 1. The van der Waals surface area contributed by atoms with Gasteiger partial charge in [-0.3, -0.25) is 9.59 Å². The van der Waals surface area contributed by atoms with Crippen molar-refractivity contribution in [2.45, 2.75) is 13.3 Å². The molecule has 28 heavy (non-hydrogen) atoms. The number of ether oxygens (including phenoxy) is 1. The number of rotatable bonds is 6. The summed E-state index contributed by atoms with van der Waals surface area (Å²) in [5, 5.41) is 21.6. The SMILES string of the molecule is Cc1ccc(N=C2NC(=O)/C(=C/c3ccc(OCCC(=O)O)cc3)S2)c(O)c1. The van der Waals surface area contributed by atoms with Crippen molar-refractivity contribution in [1.82, 2.24) is 5.32 Å². The summed E-state index contributed by atoms with van der Waals surface area (Å²) < 4.78 is 5.34. The van der Waals surface area contributed by atoms with Gasteiger partial charge in [0.15, 0.2) is 5.17 Å². The standard InChI is InChI=1S/C20H18N2O5S/c1-12-2-7-15(16(23)10-12)21-20-22-19(26)17(28-20)11-13-3-5-14(6-4-13)27-9-8-18(24)25/h2-7,10-11,23H,8-9H2,1H3,(H,24,25)(H,21,22,26)/b17-11-. The van der Waals surface area contributed by atoms with Crippen molar-refractivity contribution in [3.63, 3.8) is 0 Å². The van der Waals surface area contributed by atoms with E-state index in [1.807, 2.05) is 13.0 Å². The Morgan fingerprint density at radius 2 is 2.00 bits per heavy atom. The summed E-state index contributed by atoms with van der Waals surface area (Å²) in [6.45, 7) is 1.96. The second-order valence-corrected chi connectivity index (χ2v) is 7.07. The number of carboxylic acid groups (broad SMARTS) is 1. The predicted octanol–water partition coefficient (Wildman–Crippen LogP) is 3.45. The summed E-state index contributed by atoms with van der Waals surface area (Å²) in [6.07, 6.45) is 1.65. The number of aliphatic imine (C=N–C) groups is 1. The highest BCUT2D eigenvalue weighted by Gasteiger charge is 2.24. The molecule has 1 saturated heterocycles. The Hall–Kier alpha value is -3.26. The topological polar surface area (TPSA) is 108 Å². The zero-order valence-corrected chi connectivity index (χ0v) is 15.8. The smallest absolute Gasteiger partial charge is 0.306 e. The summed E-state index contributed by atoms with van der Waals surface area (Å²) in [5.41, 5.74) is 2.10. The highest BCUT2D eigenvalue weighted by molar-refractivity contribution is 8.18. The molecular weight excluding hydrogens is 380 g/mol. The minimum atomic E-state index is -0.915. The molecular formula is C20H18N2O5S. The lowest BCUT2D eigenvalue weighted by atomic mass is 10.2. The molecule has 1 fully saturated rings. The first-order valence-electron chi connectivity index (χ1n) is 8.44. The number of amides is 1. The number of benzene rings is 2. The summed E-state index contributed by atoms with van der Waals surface area (Å²) in [5.74, 6) is -0.568. The first-order chi connectivity index (χ1) is 13.4. The van der Waals surface area contributed by atoms with E-state index >= 15 is 0 Å². The van der Waals surface area contributed by atoms with Crippen LogP contribution in [0.3, 0.4) is 0 Å². The Bertz CT molecular complexity index is 967. The molecule has 1 aliphatic heterocycles. The third-order valence-electron chi connectivity index (χ3n) is 3.77. The molecule has 0 spiro atoms. The fraction of sp³-hybridized carbons (Fsp3) is 0.150. The predicted molar refractivity (Wildman–Crippen MR) is 108 cm³/mol. The van der Waals surface area contributed by atoms with E-state index < -0.39 is 5.97 Å². The molecule has 0 aliphatic carbocycles. The maximum absolute atomic E-state index is 12.2. The number of phenols is 1. The van der Waals surface area contributed by atoms with Crippen molar-refractivity contribution in [2.24, 2.45) is 4.99 Å². The zero-order chi connectivity index (χ0) is 20.1. The van der Waals surface area contributed by atoms with Gasteiger partial charge in [-0.1, -0.05) is 18.2 Å². The van der Waals surface area contributed by atoms with Gasteiger partial charge in [-0.05, 0) is 60.2 Å². The molecule has 0 atom stereocenters. The van der Waals surface area contributed by atoms with Crippen molar-refractivity contribution >= 4 is 40.6 Å². The third-order valence-corrected chi connectivity index (χ3v) is 4.68. The van der Waals surface area contributed by atoms with E-state index in [0.29, 0.717) is 21.5 Å². The van der Waals surface area contributed by atoms with Gasteiger partial charge in [-0.25, -0.2) is 4.99 Å². The van der Waals surface area contributed by atoms with Gasteiger partial charge in [-0.2, -0.15) is 0 Å². The van der Waals surface area contributed by atoms with E-state index in [1.165, 1.54) is 11.8 Å². The highest BCUT2D eigenvalue weighted by Crippen LogP contribution is 2.32. The lowest BCUT2D eigenvalue weighted by Gasteiger charge is -2.04. The van der Waals surface area contributed by atoms with Gasteiger partial charge in [0.1, 0.15) is 17.2 Å². The minimum absolute atomic E-state index is 0.0539. The number of aliphatic carboxylic acids is 1. The average Bonchev–Trinajstić information content (AvgIpc) is 2.98. The quantitative estimate of drug-likeness (QED) is 0.643. The number of amidine groups is 1. The number of nitrogens with one attached hydrogen (secondary N) is 1. The lowest BCUT2D eigenvalue weighted by molar-refractivity contribution is -0.137. The van der Waals surface area contributed by atoms with Gasteiger partial charge < -0.3 is 20.3 Å². The highest BCUT2D eigenvalue weighted by atomic mass is 32.2. The normalized spacial score (nSPS) is 16.4. The van der Waals surface area contributed by atoms with Crippen LogP contribution in [0.25, 0.3) is 6.08 Å². The number of hydrogen-bond acceptors (Lipinski definition) is 6. The molecule has 0 aromatic heterocycles. The summed E-state index contributed by atoms with van der Waals surface area (Å²) in [6, 6.07) is 12.1. The van der Waals surface area contributed by atoms with Gasteiger partial charge in [0.25, 0.3) is 5.91 Å². The van der Waals surface area contributed by atoms with Crippen LogP contribution in [0.15, 0.2) is 52.4 Å². The minimum Gasteiger partial charge on any atom is -0.506 e. The molecule has 0 radical (unpaired) electrons. The van der Waals surface area contributed by atoms with Crippen LogP contribution in [0.4, 0.5) is 5.69 Å². The molecule has 1 heterocycles. The van der Waals surface area contributed by atoms with Crippen molar-refractivity contribution in [3.8, 4) is 11.5 Å². The molecule has 2 aromatic rings. The molecule has 3 N–H and O–H groups in total. The van der Waals surface area contributed by atoms with Crippen molar-refractivity contribution in [1.29, 1.82) is 0 Å². The molecule has 1 amide bonds. The Balaban J connectivity index is 1.68. The average molecular weight is 398 g/mol. The zero-order valence-electron chi connectivity index (χ0n) is 15.0. The van der Waals surface area contributed by atoms with Gasteiger partial charge in [0.2, 0.25) is 0 Å². The van der Waals surface area contributed by atoms with Crippen molar-refractivity contribution < 1.29 is 24.5 Å². The molecule has 1 aliphatic rings. The summed E-state index contributed by atoms with van der Waals surface area (Å²) in [7, 11) is 0. The van der Waals surface area contributed by atoms with E-state index in [-0.39, 0.29) is 24.7 Å². The van der Waals surface area contributed by atoms with Crippen LogP contribution in [-0.2, 0) is 9.59 Å². The second-order valence-electron chi connectivity index (χ2n) is 6.04. The second kappa shape index (κ2) is 8.62. The van der Waals surface area contributed by atoms with Crippen LogP contribution in [0, 0.1) is 6.92 Å². The number of carbonyl (C=O) groups is 2. The molecule has 8 heteroatoms. The van der Waals surface area contributed by atoms with Crippen molar-refractivity contribution in [3.05, 3.63) is 58.5 Å². The fourth-order valence-electron chi connectivity index (χ4n) is 2.39. The lowest BCUT2D eigenvalue weighted by Crippen LogP contribution is -2.19. The van der Waals surface area contributed by atoms with Gasteiger partial charge in [0, 0.05) is 0 Å². The van der Waals surface area contributed by atoms with Crippen LogP contribution in [0.5, 0.6) is 11.5 Å². The first-order valence-corrected chi connectivity index (χ1v) is 9.26. The molecule has 0 bridgehead atoms. The third kappa shape index (κ3) is 5.14. The molecule has 3 rings (SSSR count). The molecule has 0 saturated carbocycles. The maximum Gasteiger partial charge on any atom is 0.306 e. The van der Waals surface area contributed by atoms with Crippen LogP contribution in [0.2, 0.25) is 0 Å². The van der Waals surface area contributed by atoms with E-state index in [2.05, 4.69) is 10.3 Å². The van der Waals surface area contributed by atoms with Crippen LogP contribution in [-0.4, -0.2) is 33.9 Å². The maximum atomic E-state index is 12.2. The first kappa shape index (κ1) is 19.5. The number of carbonyl (C=O) groups excluding carboxylic acids is 1. The Labute approximate surface area is 165 Å². The number of nitrogens with zero attached hydrogens (tertiary/aromatic N) is 1. The Morgan fingerprint density at radius 1 is 1.25 bits per heavy atom. The molecule has 144 valence electrons. The molecule has 2 aromatic carbocycles. The number of thioether (sulfide) groups is 1. The summed E-state index contributed by atoms with van der Waals surface area (Å²) >= 11 is 1.19. The Kier molecular flexibility index (Phi) is 6.00. The monoisotopic (exact) mass is 398 g/mol. The number of carboxylic acids is 1. The van der Waals surface area contributed by atoms with E-state index in [0.717, 1.165) is 11.1 Å². The van der Waals surface area contributed by atoms with Crippen LogP contribution in [0.1, 0.15) is 17.5 Å². The van der Waals surface area contributed by atoms with Gasteiger partial charge in [-0.15, -0.1) is 0 Å². The Morgan fingerprint density at radius 3 is 2.68 bits per heavy atom. The van der Waals surface area contributed by atoms with E-state index in [1.54, 1.807) is 42.5 Å². The van der Waals surface area contributed by atoms with Crippen molar-refractivity contribution in [2.75, 3.05) is 6.61 Å². The largest absolute Gasteiger partial charge is 0.506 e. The molecule has 7 nitrogen and oxygen atoms in total. The number of hydrogen-bond donors (Lipinski definition) is 3. The number of aryl methyl sites for hydroxylation is 1. The molecule has 0 unspecified atom stereocenters. The number of phenolic OH excluding ortho intramolecular Hbond substituents is 1. The summed E-state index contributed by atoms with van der Waals surface area (Å²) in [4.78, 5) is 27.4. The van der Waals surface area contributed by atoms with Crippen LogP contribution < -0.4 is 10.1 Å². The van der Waals surface area contributed by atoms with Crippen LogP contribution >= 0.6 is 11.8 Å². The van der Waals surface area contributed by atoms with E-state index in [4.69, 9.17) is 9.84 Å². The van der Waals surface area contributed by atoms with Gasteiger partial charge in [0.05, 0.1) is 17.9 Å². The fourth-order valence-corrected chi connectivity index (χ4v) is 3.22. The van der Waals surface area contributed by atoms with Gasteiger partial charge >= 0.3 is 5.97 Å². The van der Waals surface area contributed by atoms with E-state index in [9.17, 15) is 14.7 Å².